The van der Waals surface area contributed by atoms with Gasteiger partial charge in [-0.15, -0.1) is 0 Å². The first-order valence-corrected chi connectivity index (χ1v) is 10.6. The molecule has 0 saturated carbocycles. The third kappa shape index (κ3) is 7.21. The smallest absolute Gasteiger partial charge is 0.161 e. The molecule has 0 radical (unpaired) electrons. The monoisotopic (exact) mass is 411 g/mol. The van der Waals surface area contributed by atoms with E-state index in [9.17, 15) is 4.79 Å². The second kappa shape index (κ2) is 12.0. The molecule has 0 saturated heterocycles. The number of nitrogens with one attached hydrogen (secondary N) is 1. The Morgan fingerprint density at radius 1 is 1.10 bits per heavy atom. The summed E-state index contributed by atoms with van der Waals surface area (Å²) in [6.07, 6.45) is 2.04. The van der Waals surface area contributed by atoms with Gasteiger partial charge < -0.3 is 16.2 Å². The van der Waals surface area contributed by atoms with E-state index in [4.69, 9.17) is 10.8 Å². The van der Waals surface area contributed by atoms with Crippen molar-refractivity contribution in [3.8, 4) is 5.75 Å². The summed E-state index contributed by atoms with van der Waals surface area (Å²) in [6.45, 7) is 12.8. The lowest BCUT2D eigenvalue weighted by atomic mass is 10.00. The van der Waals surface area contributed by atoms with Gasteiger partial charge in [-0.1, -0.05) is 33.8 Å². The number of nitrogens with zero attached hydrogens (tertiary/aromatic N) is 1. The molecule has 164 valence electrons. The number of phenolic OH excluding ortho intramolecular Hbond substituents is 1. The Morgan fingerprint density at radius 3 is 2.23 bits per heavy atom. The second-order valence-corrected chi connectivity index (χ2v) is 7.82. The van der Waals surface area contributed by atoms with E-state index < -0.39 is 0 Å². The summed E-state index contributed by atoms with van der Waals surface area (Å²) in [4.78, 5) is 15.8. The molecule has 0 aliphatic heterocycles. The topological polar surface area (TPSA) is 87.7 Å². The molecular formula is C25H37N3O2. The van der Waals surface area contributed by atoms with Gasteiger partial charge in [0, 0.05) is 30.4 Å². The predicted octanol–water partition coefficient (Wildman–Crippen LogP) is 4.92. The number of hydrogen-bond donors (Lipinski definition) is 3. The zero-order valence-corrected chi connectivity index (χ0v) is 19.5. The number of nitrogens with two attached hydrogens (primary N) is 1. The number of ketones is 1. The number of benzene rings is 2. The number of aryl methyl sites for hydroxylation is 3. The zero-order valence-electron chi connectivity index (χ0n) is 19.5. The molecule has 2 rings (SSSR count). The van der Waals surface area contributed by atoms with Crippen molar-refractivity contribution in [2.45, 2.75) is 54.4 Å². The van der Waals surface area contributed by atoms with Crippen molar-refractivity contribution in [3.63, 3.8) is 0 Å². The fraction of sp³-hybridized carbons (Fsp3) is 0.440. The summed E-state index contributed by atoms with van der Waals surface area (Å²) in [6, 6.07) is 9.24. The van der Waals surface area contributed by atoms with E-state index in [0.29, 0.717) is 22.9 Å². The highest BCUT2D eigenvalue weighted by Gasteiger charge is 2.13. The van der Waals surface area contributed by atoms with Crippen LogP contribution < -0.4 is 11.1 Å². The first kappa shape index (κ1) is 25.2. The molecule has 0 spiro atoms. The van der Waals surface area contributed by atoms with Gasteiger partial charge in [0.05, 0.1) is 0 Å². The zero-order chi connectivity index (χ0) is 22.8. The number of anilines is 1. The van der Waals surface area contributed by atoms with E-state index in [0.717, 1.165) is 36.3 Å². The van der Waals surface area contributed by atoms with Crippen molar-refractivity contribution in [1.29, 1.82) is 0 Å². The van der Waals surface area contributed by atoms with Crippen LogP contribution in [-0.4, -0.2) is 30.3 Å². The third-order valence-electron chi connectivity index (χ3n) is 4.88. The Bertz CT molecular complexity index is 886. The van der Waals surface area contributed by atoms with Crippen molar-refractivity contribution < 1.29 is 9.90 Å². The van der Waals surface area contributed by atoms with Gasteiger partial charge in [-0.05, 0) is 73.6 Å². The maximum atomic E-state index is 11.6. The largest absolute Gasteiger partial charge is 0.508 e. The molecule has 2 aromatic carbocycles. The van der Waals surface area contributed by atoms with Gasteiger partial charge in [-0.2, -0.15) is 0 Å². The summed E-state index contributed by atoms with van der Waals surface area (Å²) in [5, 5.41) is 12.5. The SMILES string of the molecule is CCc1ccc(O)cc1CC.CN=C(NCC(C)C)c1cc(C(C)=O)c(N)cc1C. The number of rotatable bonds is 6. The van der Waals surface area contributed by atoms with Gasteiger partial charge in [0.2, 0.25) is 0 Å². The van der Waals surface area contributed by atoms with Crippen LogP contribution in [0.2, 0.25) is 0 Å². The number of aliphatic imine (C=N–C) groups is 1. The van der Waals surface area contributed by atoms with Gasteiger partial charge in [0.1, 0.15) is 11.6 Å². The summed E-state index contributed by atoms with van der Waals surface area (Å²) >= 11 is 0. The number of hydrogen-bond acceptors (Lipinski definition) is 4. The summed E-state index contributed by atoms with van der Waals surface area (Å²) in [5.41, 5.74) is 11.5. The number of amidine groups is 1. The van der Waals surface area contributed by atoms with E-state index in [1.54, 1.807) is 13.1 Å². The molecular weight excluding hydrogens is 374 g/mol. The first-order valence-electron chi connectivity index (χ1n) is 10.6. The van der Waals surface area contributed by atoms with E-state index in [1.165, 1.54) is 18.1 Å². The summed E-state index contributed by atoms with van der Waals surface area (Å²) in [5.74, 6) is 1.67. The van der Waals surface area contributed by atoms with Gasteiger partial charge in [0.15, 0.2) is 5.78 Å². The van der Waals surface area contributed by atoms with Gasteiger partial charge in [-0.3, -0.25) is 9.79 Å². The van der Waals surface area contributed by atoms with E-state index in [2.05, 4.69) is 38.0 Å². The van der Waals surface area contributed by atoms with Crippen LogP contribution in [0.5, 0.6) is 5.75 Å². The molecule has 0 aliphatic carbocycles. The maximum Gasteiger partial charge on any atom is 0.161 e. The van der Waals surface area contributed by atoms with Crippen LogP contribution in [0.25, 0.3) is 0 Å². The van der Waals surface area contributed by atoms with Crippen molar-refractivity contribution >= 4 is 17.3 Å². The Kier molecular flexibility index (Phi) is 10.1. The molecule has 4 N–H and O–H groups in total. The third-order valence-corrected chi connectivity index (χ3v) is 4.88. The molecule has 0 fully saturated rings. The fourth-order valence-electron chi connectivity index (χ4n) is 3.17. The molecule has 30 heavy (non-hydrogen) atoms. The summed E-state index contributed by atoms with van der Waals surface area (Å²) in [7, 11) is 1.74. The van der Waals surface area contributed by atoms with Crippen LogP contribution >= 0.6 is 0 Å². The average Bonchev–Trinajstić information content (AvgIpc) is 2.69. The quantitative estimate of drug-likeness (QED) is 0.272. The lowest BCUT2D eigenvalue weighted by molar-refractivity contribution is 0.101. The van der Waals surface area contributed by atoms with E-state index in [1.807, 2.05) is 31.2 Å². The van der Waals surface area contributed by atoms with Crippen LogP contribution in [0.15, 0.2) is 35.3 Å². The van der Waals surface area contributed by atoms with Gasteiger partial charge in [-0.25, -0.2) is 0 Å². The molecule has 0 bridgehead atoms. The lowest BCUT2D eigenvalue weighted by Crippen LogP contribution is -2.29. The van der Waals surface area contributed by atoms with Crippen LogP contribution in [0.4, 0.5) is 5.69 Å². The molecule has 0 aliphatic rings. The lowest BCUT2D eigenvalue weighted by Gasteiger charge is -2.15. The Hall–Kier alpha value is -2.82. The Morgan fingerprint density at radius 2 is 1.73 bits per heavy atom. The summed E-state index contributed by atoms with van der Waals surface area (Å²) < 4.78 is 0. The highest BCUT2D eigenvalue weighted by molar-refractivity contribution is 6.05. The molecule has 0 unspecified atom stereocenters. The molecule has 0 atom stereocenters. The number of aromatic hydroxyl groups is 1. The van der Waals surface area contributed by atoms with Crippen molar-refractivity contribution in [3.05, 3.63) is 58.1 Å². The molecule has 5 heteroatoms. The molecule has 0 amide bonds. The van der Waals surface area contributed by atoms with Crippen LogP contribution in [-0.2, 0) is 12.8 Å². The molecule has 0 heterocycles. The normalized spacial score (nSPS) is 11.1. The number of Topliss-reactive ketones (excluding diaryl/α,β-unsaturated/α-hetero) is 1. The minimum atomic E-state index is -0.0296. The highest BCUT2D eigenvalue weighted by Crippen LogP contribution is 2.20. The highest BCUT2D eigenvalue weighted by atomic mass is 16.3. The minimum Gasteiger partial charge on any atom is -0.508 e. The van der Waals surface area contributed by atoms with Crippen LogP contribution in [0.3, 0.4) is 0 Å². The fourth-order valence-corrected chi connectivity index (χ4v) is 3.17. The molecule has 5 nitrogen and oxygen atoms in total. The maximum absolute atomic E-state index is 11.6. The van der Waals surface area contributed by atoms with Crippen LogP contribution in [0, 0.1) is 12.8 Å². The van der Waals surface area contributed by atoms with Crippen molar-refractivity contribution in [2.75, 3.05) is 19.3 Å². The minimum absolute atomic E-state index is 0.0296. The Balaban J connectivity index is 0.000000346. The predicted molar refractivity (Wildman–Crippen MR) is 128 cm³/mol. The average molecular weight is 412 g/mol. The van der Waals surface area contributed by atoms with E-state index >= 15 is 0 Å². The number of nitrogen functional groups attached to an aromatic ring is 1. The molecule has 2 aromatic rings. The second-order valence-electron chi connectivity index (χ2n) is 7.82. The van der Waals surface area contributed by atoms with Crippen molar-refractivity contribution in [2.24, 2.45) is 10.9 Å². The van der Waals surface area contributed by atoms with Crippen LogP contribution in [0.1, 0.15) is 67.2 Å². The molecule has 0 aromatic heterocycles. The number of phenols is 1. The first-order chi connectivity index (χ1) is 14.1. The number of carbonyl (C=O) groups is 1. The van der Waals surface area contributed by atoms with E-state index in [-0.39, 0.29) is 5.78 Å². The standard InChI is InChI=1S/C15H23N3O.C10H14O/c1-9(2)8-18-15(17-5)12-7-13(11(4)19)14(16)6-10(12)3;1-3-8-5-6-10(11)7-9(8)4-2/h6-7,9H,8,16H2,1-5H3,(H,17,18);5-7,11H,3-4H2,1-2H3. The Labute approximate surface area is 181 Å². The number of carbonyl (C=O) groups excluding carboxylic acids is 1. The van der Waals surface area contributed by atoms with Gasteiger partial charge in [0.25, 0.3) is 0 Å². The van der Waals surface area contributed by atoms with Gasteiger partial charge >= 0.3 is 0 Å². The van der Waals surface area contributed by atoms with Crippen molar-refractivity contribution in [1.82, 2.24) is 5.32 Å².